The summed E-state index contributed by atoms with van der Waals surface area (Å²) in [6.07, 6.45) is 0. The zero-order chi connectivity index (χ0) is 23.6. The maximum absolute atomic E-state index is 12.7. The summed E-state index contributed by atoms with van der Waals surface area (Å²) in [7, 11) is -4.46. The fourth-order valence-electron chi connectivity index (χ4n) is 2.69. The molecule has 0 saturated carbocycles. The highest BCUT2D eigenvalue weighted by Crippen LogP contribution is 2.46. The lowest BCUT2D eigenvalue weighted by molar-refractivity contribution is -0.106. The highest BCUT2D eigenvalue weighted by atomic mass is 32.2. The lowest BCUT2D eigenvalue weighted by atomic mass is 10.1. The SMILES string of the molecule is O=C1Sc2cc(OC(F)F)c(OC(F)F)cc2/C1=C/S(=O)(=O)Nc1ccccc1C(=O)O. The molecule has 0 radical (unpaired) electrons. The third-order valence-electron chi connectivity index (χ3n) is 3.87. The van der Waals surface area contributed by atoms with Crippen molar-refractivity contribution in [3.8, 4) is 11.5 Å². The van der Waals surface area contributed by atoms with Crippen molar-refractivity contribution in [3.05, 3.63) is 52.9 Å². The average molecular weight is 493 g/mol. The van der Waals surface area contributed by atoms with Crippen molar-refractivity contribution in [2.45, 2.75) is 18.1 Å². The molecule has 0 aromatic heterocycles. The number of carbonyl (C=O) groups excluding carboxylic acids is 1. The molecule has 1 aliphatic heterocycles. The number of rotatable bonds is 8. The molecule has 2 aromatic carbocycles. The molecule has 0 unspecified atom stereocenters. The molecule has 2 N–H and O–H groups in total. The molecule has 0 amide bonds. The number of thioether (sulfide) groups is 1. The van der Waals surface area contributed by atoms with Crippen molar-refractivity contribution in [1.82, 2.24) is 0 Å². The number of carboxylic acid groups (broad SMARTS) is 1. The van der Waals surface area contributed by atoms with Crippen molar-refractivity contribution in [2.24, 2.45) is 0 Å². The number of para-hydroxylation sites is 1. The minimum Gasteiger partial charge on any atom is -0.478 e. The monoisotopic (exact) mass is 493 g/mol. The van der Waals surface area contributed by atoms with Gasteiger partial charge in [0.15, 0.2) is 11.5 Å². The zero-order valence-corrected chi connectivity index (χ0v) is 17.1. The summed E-state index contributed by atoms with van der Waals surface area (Å²) in [5, 5.41) is 8.82. The van der Waals surface area contributed by atoms with Gasteiger partial charge in [-0.25, -0.2) is 13.2 Å². The van der Waals surface area contributed by atoms with Crippen molar-refractivity contribution < 1.29 is 50.1 Å². The molecule has 0 bridgehead atoms. The molecule has 1 heterocycles. The van der Waals surface area contributed by atoms with E-state index in [1.807, 2.05) is 4.72 Å². The van der Waals surface area contributed by atoms with Crippen LogP contribution in [0.15, 0.2) is 46.7 Å². The topological polar surface area (TPSA) is 119 Å². The minimum atomic E-state index is -4.46. The molecule has 0 aliphatic carbocycles. The molecule has 8 nitrogen and oxygen atoms in total. The lowest BCUT2D eigenvalue weighted by Gasteiger charge is -2.13. The van der Waals surface area contributed by atoms with Crippen molar-refractivity contribution >= 4 is 44.1 Å². The first-order chi connectivity index (χ1) is 15.0. The highest BCUT2D eigenvalue weighted by molar-refractivity contribution is 8.15. The number of carbonyl (C=O) groups is 2. The molecule has 0 spiro atoms. The summed E-state index contributed by atoms with van der Waals surface area (Å²) in [5.41, 5.74) is -1.27. The third kappa shape index (κ3) is 5.31. The second-order valence-corrected chi connectivity index (χ2v) is 8.52. The Hall–Kier alpha value is -3.26. The number of fused-ring (bicyclic) bond motifs is 1. The quantitative estimate of drug-likeness (QED) is 0.419. The van der Waals surface area contributed by atoms with E-state index in [-0.39, 0.29) is 21.7 Å². The van der Waals surface area contributed by atoms with Gasteiger partial charge in [-0.2, -0.15) is 17.6 Å². The fourth-order valence-corrected chi connectivity index (χ4v) is 4.77. The number of sulfonamides is 1. The number of halogens is 4. The van der Waals surface area contributed by atoms with Crippen LogP contribution >= 0.6 is 11.8 Å². The van der Waals surface area contributed by atoms with E-state index in [0.29, 0.717) is 17.2 Å². The van der Waals surface area contributed by atoms with Gasteiger partial charge in [0.25, 0.3) is 10.0 Å². The average Bonchev–Trinajstić information content (AvgIpc) is 2.95. The van der Waals surface area contributed by atoms with E-state index in [1.165, 1.54) is 18.2 Å². The molecule has 0 atom stereocenters. The van der Waals surface area contributed by atoms with Crippen LogP contribution in [0, 0.1) is 0 Å². The van der Waals surface area contributed by atoms with Crippen LogP contribution in [0.4, 0.5) is 23.2 Å². The number of ether oxygens (including phenoxy) is 2. The van der Waals surface area contributed by atoms with Gasteiger partial charge in [0, 0.05) is 10.5 Å². The molecule has 2 aromatic rings. The van der Waals surface area contributed by atoms with E-state index in [2.05, 4.69) is 9.47 Å². The van der Waals surface area contributed by atoms with Crippen LogP contribution in [0.25, 0.3) is 5.57 Å². The Morgan fingerprint density at radius 2 is 1.66 bits per heavy atom. The lowest BCUT2D eigenvalue weighted by Crippen LogP contribution is -2.13. The fraction of sp³-hybridized carbons (Fsp3) is 0.111. The Bertz CT molecular complexity index is 1220. The summed E-state index contributed by atoms with van der Waals surface area (Å²) < 4.78 is 85.9. The molecule has 14 heteroatoms. The van der Waals surface area contributed by atoms with Crippen LogP contribution in [0.2, 0.25) is 0 Å². The summed E-state index contributed by atoms with van der Waals surface area (Å²) in [4.78, 5) is 23.6. The normalized spacial score (nSPS) is 14.7. The van der Waals surface area contributed by atoms with E-state index in [1.54, 1.807) is 0 Å². The summed E-state index contributed by atoms with van der Waals surface area (Å²) in [5.74, 6) is -3.01. The minimum absolute atomic E-state index is 0.0281. The molecule has 1 aliphatic rings. The first-order valence-electron chi connectivity index (χ1n) is 8.34. The Kier molecular flexibility index (Phi) is 6.64. The van der Waals surface area contributed by atoms with Gasteiger partial charge in [-0.05, 0) is 36.0 Å². The Balaban J connectivity index is 2.03. The van der Waals surface area contributed by atoms with Gasteiger partial charge >= 0.3 is 19.2 Å². The predicted molar refractivity (Wildman–Crippen MR) is 104 cm³/mol. The number of benzene rings is 2. The van der Waals surface area contributed by atoms with E-state index < -0.39 is 51.4 Å². The summed E-state index contributed by atoms with van der Waals surface area (Å²) >= 11 is 0.462. The molecule has 0 saturated heterocycles. The number of alkyl halides is 4. The van der Waals surface area contributed by atoms with Crippen LogP contribution in [0.5, 0.6) is 11.5 Å². The van der Waals surface area contributed by atoms with Gasteiger partial charge in [-0.15, -0.1) is 0 Å². The Labute approximate surface area is 181 Å². The Morgan fingerprint density at radius 3 is 2.25 bits per heavy atom. The largest absolute Gasteiger partial charge is 0.478 e. The molecular weight excluding hydrogens is 482 g/mol. The second-order valence-electron chi connectivity index (χ2n) is 5.97. The Morgan fingerprint density at radius 1 is 1.06 bits per heavy atom. The van der Waals surface area contributed by atoms with Gasteiger partial charge in [0.05, 0.1) is 22.2 Å². The smallest absolute Gasteiger partial charge is 0.387 e. The highest BCUT2D eigenvalue weighted by Gasteiger charge is 2.31. The number of aromatic carboxylic acids is 1. The van der Waals surface area contributed by atoms with Crippen LogP contribution in [0.1, 0.15) is 15.9 Å². The third-order valence-corrected chi connectivity index (χ3v) is 5.89. The number of carboxylic acids is 1. The van der Waals surface area contributed by atoms with Gasteiger partial charge in [-0.1, -0.05) is 12.1 Å². The van der Waals surface area contributed by atoms with Crippen molar-refractivity contribution in [2.75, 3.05) is 4.72 Å². The number of nitrogens with one attached hydrogen (secondary N) is 1. The van der Waals surface area contributed by atoms with Crippen LogP contribution in [-0.2, 0) is 14.8 Å². The van der Waals surface area contributed by atoms with E-state index in [9.17, 15) is 35.6 Å². The van der Waals surface area contributed by atoms with Gasteiger partial charge in [-0.3, -0.25) is 9.52 Å². The number of anilines is 1. The molecule has 32 heavy (non-hydrogen) atoms. The van der Waals surface area contributed by atoms with Crippen LogP contribution in [0.3, 0.4) is 0 Å². The van der Waals surface area contributed by atoms with Gasteiger partial charge in [0.1, 0.15) is 0 Å². The summed E-state index contributed by atoms with van der Waals surface area (Å²) in [6, 6.07) is 6.71. The molecule has 3 rings (SSSR count). The first-order valence-corrected chi connectivity index (χ1v) is 10.7. The first kappa shape index (κ1) is 23.4. The van der Waals surface area contributed by atoms with Gasteiger partial charge < -0.3 is 14.6 Å². The number of hydrogen-bond acceptors (Lipinski definition) is 7. The van der Waals surface area contributed by atoms with Crippen molar-refractivity contribution in [3.63, 3.8) is 0 Å². The molecule has 0 fully saturated rings. The van der Waals surface area contributed by atoms with E-state index >= 15 is 0 Å². The zero-order valence-electron chi connectivity index (χ0n) is 15.4. The van der Waals surface area contributed by atoms with Crippen LogP contribution in [-0.4, -0.2) is 37.8 Å². The standard InChI is InChI=1S/C18H11F4NO7S2/c19-17(20)29-12-5-9-10(16(26)31-14(9)6-13(12)30-18(21)22)7-32(27,28)23-11-4-2-1-3-8(11)15(24)25/h1-7,17-18,23H,(H,24,25)/b10-7-. The second kappa shape index (κ2) is 9.08. The maximum Gasteiger partial charge on any atom is 0.387 e. The number of hydrogen-bond donors (Lipinski definition) is 2. The van der Waals surface area contributed by atoms with Crippen LogP contribution < -0.4 is 14.2 Å². The molecule has 170 valence electrons. The van der Waals surface area contributed by atoms with E-state index in [0.717, 1.165) is 18.2 Å². The van der Waals surface area contributed by atoms with Gasteiger partial charge in [0.2, 0.25) is 5.12 Å². The van der Waals surface area contributed by atoms with E-state index in [4.69, 9.17) is 5.11 Å². The molecular formula is C18H11F4NO7S2. The van der Waals surface area contributed by atoms with Crippen molar-refractivity contribution in [1.29, 1.82) is 0 Å². The summed E-state index contributed by atoms with van der Waals surface area (Å²) in [6.45, 7) is -6.78. The predicted octanol–water partition coefficient (Wildman–Crippen LogP) is 4.00. The maximum atomic E-state index is 12.7.